The third-order valence-electron chi connectivity index (χ3n) is 4.65. The Labute approximate surface area is 139 Å². The normalized spacial score (nSPS) is 11.0. The molecule has 22 heavy (non-hydrogen) atoms. The van der Waals surface area contributed by atoms with Crippen LogP contribution in [0.3, 0.4) is 0 Å². The smallest absolute Gasteiger partial charge is 0.178 e. The van der Waals surface area contributed by atoms with Gasteiger partial charge in [-0.25, -0.2) is 4.57 Å². The third-order valence-corrected chi connectivity index (χ3v) is 4.65. The number of hydrogen-bond acceptors (Lipinski definition) is 0. The topological polar surface area (TPSA) is 3.88 Å². The summed E-state index contributed by atoms with van der Waals surface area (Å²) in [4.78, 5) is 0. The highest BCUT2D eigenvalue weighted by Crippen LogP contribution is 2.11. The molecule has 1 aromatic rings. The number of unbranched alkanes of at least 4 members (excludes halogenated alkanes) is 11. The molecule has 0 saturated heterocycles. The van der Waals surface area contributed by atoms with Gasteiger partial charge in [0.05, 0.1) is 0 Å². The average Bonchev–Trinajstić information content (AvgIpc) is 2.51. The van der Waals surface area contributed by atoms with Gasteiger partial charge < -0.3 is 0 Å². The van der Waals surface area contributed by atoms with Gasteiger partial charge in [-0.3, -0.25) is 0 Å². The number of nitrogens with zero attached hydrogens (tertiary/aromatic N) is 1. The summed E-state index contributed by atoms with van der Waals surface area (Å²) >= 11 is 0. The van der Waals surface area contributed by atoms with Crippen molar-refractivity contribution in [2.24, 2.45) is 0 Å². The lowest BCUT2D eigenvalue weighted by atomic mass is 10.1. The molecule has 0 aromatic carbocycles. The maximum absolute atomic E-state index is 2.41. The van der Waals surface area contributed by atoms with Crippen LogP contribution in [0.2, 0.25) is 0 Å². The summed E-state index contributed by atoms with van der Waals surface area (Å²) in [5.74, 6) is 0. The van der Waals surface area contributed by atoms with Crippen LogP contribution in [0.25, 0.3) is 0 Å². The van der Waals surface area contributed by atoms with Gasteiger partial charge in [-0.1, -0.05) is 71.1 Å². The molecule has 0 spiro atoms. The average molecular weight is 305 g/mol. The molecule has 0 fully saturated rings. The molecule has 0 aliphatic carbocycles. The minimum atomic E-state index is 1.19. The Bertz CT molecular complexity index is 383. The van der Waals surface area contributed by atoms with Crippen molar-refractivity contribution in [2.45, 2.75) is 104 Å². The maximum atomic E-state index is 2.41. The van der Waals surface area contributed by atoms with E-state index in [9.17, 15) is 0 Å². The number of aromatic nitrogens is 1. The first-order chi connectivity index (χ1) is 10.7. The molecule has 0 atom stereocenters. The predicted octanol–water partition coefficient (Wildman–Crippen LogP) is 6.29. The second kappa shape index (κ2) is 12.7. The minimum absolute atomic E-state index is 1.19. The molecule has 1 nitrogen and oxygen atoms in total. The van der Waals surface area contributed by atoms with Crippen LogP contribution in [0.15, 0.2) is 18.3 Å². The Morgan fingerprint density at radius 2 is 1.18 bits per heavy atom. The zero-order valence-electron chi connectivity index (χ0n) is 15.4. The number of pyridine rings is 1. The van der Waals surface area contributed by atoms with E-state index in [4.69, 9.17) is 0 Å². The van der Waals surface area contributed by atoms with E-state index >= 15 is 0 Å². The van der Waals surface area contributed by atoms with Crippen LogP contribution < -0.4 is 4.57 Å². The lowest BCUT2D eigenvalue weighted by Crippen LogP contribution is -2.36. The van der Waals surface area contributed by atoms with Crippen LogP contribution in [0.1, 0.15) is 95.2 Å². The van der Waals surface area contributed by atoms with Crippen molar-refractivity contribution in [3.63, 3.8) is 0 Å². The third kappa shape index (κ3) is 9.23. The van der Waals surface area contributed by atoms with E-state index < -0.39 is 0 Å². The molecule has 0 saturated carbocycles. The Hall–Kier alpha value is -0.850. The van der Waals surface area contributed by atoms with Crippen molar-refractivity contribution in [1.82, 2.24) is 0 Å². The maximum Gasteiger partial charge on any atom is 0.178 e. The lowest BCUT2D eigenvalue weighted by molar-refractivity contribution is -0.703. The zero-order chi connectivity index (χ0) is 16.0. The van der Waals surface area contributed by atoms with Crippen molar-refractivity contribution in [3.8, 4) is 0 Å². The fourth-order valence-electron chi connectivity index (χ4n) is 3.10. The first-order valence-electron chi connectivity index (χ1n) is 9.70. The molecular formula is C21H38N+. The zero-order valence-corrected chi connectivity index (χ0v) is 15.4. The second-order valence-electron chi connectivity index (χ2n) is 6.93. The summed E-state index contributed by atoms with van der Waals surface area (Å²) in [5.41, 5.74) is 2.75. The fraction of sp³-hybridized carbons (Fsp3) is 0.762. The van der Waals surface area contributed by atoms with E-state index in [0.717, 1.165) is 0 Å². The molecule has 0 radical (unpaired) electrons. The van der Waals surface area contributed by atoms with Crippen LogP contribution in [0, 0.1) is 13.8 Å². The monoisotopic (exact) mass is 304 g/mol. The van der Waals surface area contributed by atoms with Gasteiger partial charge in [-0.15, -0.1) is 0 Å². The van der Waals surface area contributed by atoms with Crippen molar-refractivity contribution in [1.29, 1.82) is 0 Å². The van der Waals surface area contributed by atoms with E-state index in [1.54, 1.807) is 0 Å². The van der Waals surface area contributed by atoms with Gasteiger partial charge in [-0.2, -0.15) is 0 Å². The summed E-state index contributed by atoms with van der Waals surface area (Å²) in [6.07, 6.45) is 19.4. The molecule has 0 N–H and O–H groups in total. The predicted molar refractivity (Wildman–Crippen MR) is 97.2 cm³/mol. The molecule has 0 aliphatic heterocycles. The Balaban J connectivity index is 1.90. The Kier molecular flexibility index (Phi) is 11.1. The SMILES string of the molecule is CCCCCCCCCCCCCC[n+]1cc(C)ccc1C. The number of aryl methyl sites for hydroxylation is 3. The van der Waals surface area contributed by atoms with Gasteiger partial charge in [0.1, 0.15) is 6.54 Å². The number of hydrogen-bond donors (Lipinski definition) is 0. The van der Waals surface area contributed by atoms with E-state index in [2.05, 4.69) is 43.7 Å². The molecule has 1 heteroatoms. The van der Waals surface area contributed by atoms with E-state index in [0.29, 0.717) is 0 Å². The van der Waals surface area contributed by atoms with Crippen LogP contribution >= 0.6 is 0 Å². The van der Waals surface area contributed by atoms with E-state index in [1.165, 1.54) is 94.9 Å². The minimum Gasteiger partial charge on any atom is -0.202 e. The first kappa shape index (κ1) is 19.2. The van der Waals surface area contributed by atoms with Crippen molar-refractivity contribution >= 4 is 0 Å². The molecular weight excluding hydrogens is 266 g/mol. The summed E-state index contributed by atoms with van der Waals surface area (Å²) in [7, 11) is 0. The van der Waals surface area contributed by atoms with Gasteiger partial charge in [-0.05, 0) is 19.4 Å². The Morgan fingerprint density at radius 1 is 0.682 bits per heavy atom. The van der Waals surface area contributed by atoms with Gasteiger partial charge in [0, 0.05) is 25.0 Å². The van der Waals surface area contributed by atoms with E-state index in [-0.39, 0.29) is 0 Å². The summed E-state index contributed by atoms with van der Waals surface area (Å²) in [6, 6.07) is 4.43. The molecule has 1 aromatic heterocycles. The molecule has 1 heterocycles. The standard InChI is InChI=1S/C21H38N/c1-4-5-6-7-8-9-10-11-12-13-14-15-18-22-19-20(2)16-17-21(22)3/h16-17,19H,4-15,18H2,1-3H3/q+1. The molecule has 126 valence electrons. The van der Waals surface area contributed by atoms with Gasteiger partial charge in [0.15, 0.2) is 11.9 Å². The quantitative estimate of drug-likeness (QED) is 0.298. The Morgan fingerprint density at radius 3 is 1.73 bits per heavy atom. The van der Waals surface area contributed by atoms with Crippen molar-refractivity contribution in [3.05, 3.63) is 29.6 Å². The van der Waals surface area contributed by atoms with Gasteiger partial charge >= 0.3 is 0 Å². The molecule has 0 bridgehead atoms. The molecule has 0 amide bonds. The second-order valence-corrected chi connectivity index (χ2v) is 6.93. The van der Waals surface area contributed by atoms with Crippen LogP contribution in [0.5, 0.6) is 0 Å². The summed E-state index contributed by atoms with van der Waals surface area (Å²) in [6.45, 7) is 7.86. The molecule has 1 rings (SSSR count). The highest BCUT2D eigenvalue weighted by Gasteiger charge is 2.05. The van der Waals surface area contributed by atoms with Gasteiger partial charge in [0.2, 0.25) is 0 Å². The van der Waals surface area contributed by atoms with E-state index in [1.807, 2.05) is 0 Å². The summed E-state index contributed by atoms with van der Waals surface area (Å²) in [5, 5.41) is 0. The molecule has 0 unspecified atom stereocenters. The van der Waals surface area contributed by atoms with Crippen LogP contribution in [-0.2, 0) is 6.54 Å². The van der Waals surface area contributed by atoms with Crippen molar-refractivity contribution in [2.75, 3.05) is 0 Å². The largest absolute Gasteiger partial charge is 0.202 e. The highest BCUT2D eigenvalue weighted by molar-refractivity contribution is 5.05. The summed E-state index contributed by atoms with van der Waals surface area (Å²) < 4.78 is 2.41. The highest BCUT2D eigenvalue weighted by atomic mass is 14.9. The van der Waals surface area contributed by atoms with Crippen molar-refractivity contribution < 1.29 is 4.57 Å². The fourth-order valence-corrected chi connectivity index (χ4v) is 3.10. The van der Waals surface area contributed by atoms with Gasteiger partial charge in [0.25, 0.3) is 0 Å². The van der Waals surface area contributed by atoms with Crippen LogP contribution in [0.4, 0.5) is 0 Å². The molecule has 0 aliphatic rings. The number of rotatable bonds is 13. The van der Waals surface area contributed by atoms with Crippen LogP contribution in [-0.4, -0.2) is 0 Å². The first-order valence-corrected chi connectivity index (χ1v) is 9.70. The lowest BCUT2D eigenvalue weighted by Gasteiger charge is -2.03.